The van der Waals surface area contributed by atoms with Crippen molar-refractivity contribution >= 4 is 39.5 Å². The third-order valence-corrected chi connectivity index (χ3v) is 6.80. The Balaban J connectivity index is 2.06. The molecule has 1 fully saturated rings. The van der Waals surface area contributed by atoms with E-state index in [1.54, 1.807) is 12.1 Å². The van der Waals surface area contributed by atoms with Crippen LogP contribution in [0.2, 0.25) is 0 Å². The zero-order valence-electron chi connectivity index (χ0n) is 10.3. The van der Waals surface area contributed by atoms with Gasteiger partial charge in [0.25, 0.3) is 0 Å². The van der Waals surface area contributed by atoms with Crippen LogP contribution >= 0.6 is 39.5 Å². The largest absolute Gasteiger partial charge is 0.316 e. The molecule has 0 saturated carbocycles. The predicted octanol–water partition coefficient (Wildman–Crippen LogP) is 3.57. The molecular formula is C13H17BrFNS2. The Morgan fingerprint density at radius 1 is 1.50 bits per heavy atom. The minimum Gasteiger partial charge on any atom is -0.316 e. The van der Waals surface area contributed by atoms with E-state index in [1.165, 1.54) is 23.3 Å². The fourth-order valence-electron chi connectivity index (χ4n) is 2.09. The molecule has 1 aliphatic rings. The highest BCUT2D eigenvalue weighted by Gasteiger charge is 2.24. The summed E-state index contributed by atoms with van der Waals surface area (Å²) >= 11 is 7.56. The fourth-order valence-corrected chi connectivity index (χ4v) is 5.43. The molecule has 1 saturated heterocycles. The average Bonchev–Trinajstić information content (AvgIpc) is 2.41. The molecule has 0 spiro atoms. The van der Waals surface area contributed by atoms with E-state index in [-0.39, 0.29) is 5.82 Å². The molecule has 1 aromatic carbocycles. The van der Waals surface area contributed by atoms with Crippen molar-refractivity contribution in [3.63, 3.8) is 0 Å². The van der Waals surface area contributed by atoms with E-state index in [1.807, 2.05) is 30.6 Å². The molecule has 1 nitrogen and oxygen atoms in total. The third kappa shape index (κ3) is 3.89. The Morgan fingerprint density at radius 2 is 2.33 bits per heavy atom. The molecule has 0 bridgehead atoms. The summed E-state index contributed by atoms with van der Waals surface area (Å²) in [6.07, 6.45) is 0.868. The SMILES string of the molecule is CNC(Cc1cc(F)ccc1Br)C1CSCCS1. The van der Waals surface area contributed by atoms with Gasteiger partial charge in [0, 0.05) is 33.0 Å². The van der Waals surface area contributed by atoms with Crippen molar-refractivity contribution in [2.45, 2.75) is 17.7 Å². The molecule has 2 unspecified atom stereocenters. The van der Waals surface area contributed by atoms with Gasteiger partial charge in [0.2, 0.25) is 0 Å². The summed E-state index contributed by atoms with van der Waals surface area (Å²) in [5.41, 5.74) is 1.05. The molecule has 0 aliphatic carbocycles. The van der Waals surface area contributed by atoms with Gasteiger partial charge < -0.3 is 5.32 Å². The van der Waals surface area contributed by atoms with E-state index in [9.17, 15) is 4.39 Å². The van der Waals surface area contributed by atoms with Crippen LogP contribution in [-0.4, -0.2) is 35.6 Å². The number of rotatable bonds is 4. The van der Waals surface area contributed by atoms with Crippen molar-refractivity contribution in [3.8, 4) is 0 Å². The Labute approximate surface area is 125 Å². The van der Waals surface area contributed by atoms with E-state index < -0.39 is 0 Å². The Morgan fingerprint density at radius 3 is 3.00 bits per heavy atom. The average molecular weight is 350 g/mol. The molecule has 1 N–H and O–H groups in total. The lowest BCUT2D eigenvalue weighted by molar-refractivity contribution is 0.552. The normalized spacial score (nSPS) is 21.8. The summed E-state index contributed by atoms with van der Waals surface area (Å²) in [4.78, 5) is 0. The quantitative estimate of drug-likeness (QED) is 0.892. The first-order valence-corrected chi connectivity index (χ1v) is 9.01. The smallest absolute Gasteiger partial charge is 0.123 e. The van der Waals surface area contributed by atoms with Gasteiger partial charge in [-0.25, -0.2) is 4.39 Å². The van der Waals surface area contributed by atoms with Crippen molar-refractivity contribution in [2.75, 3.05) is 24.3 Å². The third-order valence-electron chi connectivity index (χ3n) is 3.11. The predicted molar refractivity (Wildman–Crippen MR) is 84.2 cm³/mol. The van der Waals surface area contributed by atoms with Gasteiger partial charge in [0.1, 0.15) is 5.82 Å². The van der Waals surface area contributed by atoms with Crippen molar-refractivity contribution in [1.82, 2.24) is 5.32 Å². The van der Waals surface area contributed by atoms with Crippen LogP contribution in [0, 0.1) is 5.82 Å². The highest BCUT2D eigenvalue weighted by Crippen LogP contribution is 2.29. The minimum absolute atomic E-state index is 0.159. The highest BCUT2D eigenvalue weighted by atomic mass is 79.9. The summed E-state index contributed by atoms with van der Waals surface area (Å²) in [5, 5.41) is 4.00. The lowest BCUT2D eigenvalue weighted by atomic mass is 10.0. The van der Waals surface area contributed by atoms with Gasteiger partial charge in [0.05, 0.1) is 0 Å². The maximum atomic E-state index is 13.3. The first-order chi connectivity index (χ1) is 8.70. The van der Waals surface area contributed by atoms with Crippen LogP contribution in [0.1, 0.15) is 5.56 Å². The molecule has 100 valence electrons. The van der Waals surface area contributed by atoms with Crippen LogP contribution in [-0.2, 0) is 6.42 Å². The van der Waals surface area contributed by atoms with Crippen molar-refractivity contribution in [3.05, 3.63) is 34.1 Å². The van der Waals surface area contributed by atoms with Gasteiger partial charge in [-0.15, -0.1) is 0 Å². The molecule has 2 atom stereocenters. The topological polar surface area (TPSA) is 12.0 Å². The summed E-state index contributed by atoms with van der Waals surface area (Å²) < 4.78 is 14.3. The summed E-state index contributed by atoms with van der Waals surface area (Å²) in [6.45, 7) is 0. The molecule has 0 radical (unpaired) electrons. The van der Waals surface area contributed by atoms with Gasteiger partial charge >= 0.3 is 0 Å². The molecular weight excluding hydrogens is 333 g/mol. The van der Waals surface area contributed by atoms with E-state index in [4.69, 9.17) is 0 Å². The summed E-state index contributed by atoms with van der Waals surface area (Å²) in [5.74, 6) is 3.50. The first-order valence-electron chi connectivity index (χ1n) is 6.01. The van der Waals surface area contributed by atoms with Gasteiger partial charge in [-0.1, -0.05) is 15.9 Å². The number of hydrogen-bond donors (Lipinski definition) is 1. The zero-order valence-corrected chi connectivity index (χ0v) is 13.5. The van der Waals surface area contributed by atoms with Crippen LogP contribution in [0.15, 0.2) is 22.7 Å². The minimum atomic E-state index is -0.159. The Hall–Kier alpha value is 0.290. The second-order valence-electron chi connectivity index (χ2n) is 4.32. The van der Waals surface area contributed by atoms with E-state index >= 15 is 0 Å². The molecule has 0 amide bonds. The van der Waals surface area contributed by atoms with Gasteiger partial charge in [0.15, 0.2) is 0 Å². The van der Waals surface area contributed by atoms with Gasteiger partial charge in [-0.05, 0) is 37.2 Å². The fraction of sp³-hybridized carbons (Fsp3) is 0.538. The number of hydrogen-bond acceptors (Lipinski definition) is 3. The van der Waals surface area contributed by atoms with Gasteiger partial charge in [-0.3, -0.25) is 0 Å². The molecule has 18 heavy (non-hydrogen) atoms. The zero-order chi connectivity index (χ0) is 13.0. The molecule has 1 heterocycles. The monoisotopic (exact) mass is 349 g/mol. The summed E-state index contributed by atoms with van der Waals surface area (Å²) in [6, 6.07) is 5.32. The van der Waals surface area contributed by atoms with E-state index in [0.29, 0.717) is 11.3 Å². The Bertz CT molecular complexity index is 397. The highest BCUT2D eigenvalue weighted by molar-refractivity contribution is 9.10. The van der Waals surface area contributed by atoms with Crippen LogP contribution in [0.3, 0.4) is 0 Å². The first kappa shape index (κ1) is 14.7. The lowest BCUT2D eigenvalue weighted by Crippen LogP contribution is -2.40. The molecule has 1 aromatic rings. The summed E-state index contributed by atoms with van der Waals surface area (Å²) in [7, 11) is 2.00. The van der Waals surface area contributed by atoms with Crippen LogP contribution in [0.25, 0.3) is 0 Å². The lowest BCUT2D eigenvalue weighted by Gasteiger charge is -2.29. The number of thioether (sulfide) groups is 2. The van der Waals surface area contributed by atoms with E-state index in [2.05, 4.69) is 21.2 Å². The van der Waals surface area contributed by atoms with Crippen molar-refractivity contribution in [2.24, 2.45) is 0 Å². The van der Waals surface area contributed by atoms with Crippen LogP contribution < -0.4 is 5.32 Å². The van der Waals surface area contributed by atoms with Crippen molar-refractivity contribution < 1.29 is 4.39 Å². The number of halogens is 2. The maximum Gasteiger partial charge on any atom is 0.123 e. The van der Waals surface area contributed by atoms with Crippen molar-refractivity contribution in [1.29, 1.82) is 0 Å². The number of likely N-dealkylation sites (N-methyl/N-ethyl adjacent to an activating group) is 1. The molecule has 5 heteroatoms. The number of benzene rings is 1. The second-order valence-corrected chi connectivity index (χ2v) is 7.67. The molecule has 2 rings (SSSR count). The van der Waals surface area contributed by atoms with Crippen LogP contribution in [0.5, 0.6) is 0 Å². The maximum absolute atomic E-state index is 13.3. The van der Waals surface area contributed by atoms with Gasteiger partial charge in [-0.2, -0.15) is 23.5 Å². The Kier molecular flexibility index (Phi) is 5.86. The van der Waals surface area contributed by atoms with Crippen LogP contribution in [0.4, 0.5) is 4.39 Å². The molecule has 1 aliphatic heterocycles. The molecule has 0 aromatic heterocycles. The number of nitrogens with one attached hydrogen (secondary N) is 1. The standard InChI is InChI=1S/C13H17BrFNS2/c1-16-12(13-8-17-4-5-18-13)7-9-6-10(15)2-3-11(9)14/h2-3,6,12-13,16H,4-5,7-8H2,1H3. The second kappa shape index (κ2) is 7.17. The van der Waals surface area contributed by atoms with E-state index in [0.717, 1.165) is 16.5 Å².